The molecule has 0 radical (unpaired) electrons. The smallest absolute Gasteiger partial charge is 0.251 e. The fraction of sp³-hybridized carbons (Fsp3) is 0.417. The Morgan fingerprint density at radius 1 is 1.03 bits per heavy atom. The van der Waals surface area contributed by atoms with E-state index in [9.17, 15) is 9.59 Å². The first-order chi connectivity index (χ1) is 14.1. The van der Waals surface area contributed by atoms with Crippen molar-refractivity contribution in [2.75, 3.05) is 25.0 Å². The summed E-state index contributed by atoms with van der Waals surface area (Å²) in [6.45, 7) is 4.82. The maximum Gasteiger partial charge on any atom is 0.251 e. The van der Waals surface area contributed by atoms with Crippen LogP contribution < -0.4 is 10.6 Å². The lowest BCUT2D eigenvalue weighted by molar-refractivity contribution is -0.117. The van der Waals surface area contributed by atoms with Crippen molar-refractivity contribution in [2.24, 2.45) is 11.8 Å². The largest absolute Gasteiger partial charge is 0.350 e. The number of nitrogens with one attached hydrogen (secondary N) is 2. The Hall–Kier alpha value is -2.66. The molecule has 0 spiro atoms. The van der Waals surface area contributed by atoms with Gasteiger partial charge in [0.2, 0.25) is 5.91 Å². The van der Waals surface area contributed by atoms with Crippen LogP contribution in [0, 0.1) is 11.8 Å². The minimum absolute atomic E-state index is 0.0750. The Morgan fingerprint density at radius 2 is 1.69 bits per heavy atom. The summed E-state index contributed by atoms with van der Waals surface area (Å²) in [6, 6.07) is 17.7. The van der Waals surface area contributed by atoms with E-state index in [1.165, 1.54) is 18.4 Å². The highest BCUT2D eigenvalue weighted by Crippen LogP contribution is 2.38. The van der Waals surface area contributed by atoms with Gasteiger partial charge in [0.05, 0.1) is 6.04 Å². The molecule has 29 heavy (non-hydrogen) atoms. The van der Waals surface area contributed by atoms with Gasteiger partial charge in [-0.2, -0.15) is 0 Å². The Balaban J connectivity index is 1.35. The van der Waals surface area contributed by atoms with Crippen LogP contribution in [-0.4, -0.2) is 36.3 Å². The van der Waals surface area contributed by atoms with Crippen molar-refractivity contribution < 1.29 is 9.59 Å². The molecule has 2 N–H and O–H groups in total. The van der Waals surface area contributed by atoms with E-state index < -0.39 is 0 Å². The molecule has 2 fully saturated rings. The monoisotopic (exact) mass is 391 g/mol. The Labute approximate surface area is 172 Å². The molecular weight excluding hydrogens is 362 g/mol. The van der Waals surface area contributed by atoms with Gasteiger partial charge in [-0.25, -0.2) is 0 Å². The van der Waals surface area contributed by atoms with Gasteiger partial charge < -0.3 is 10.6 Å². The van der Waals surface area contributed by atoms with Crippen LogP contribution in [0.4, 0.5) is 5.69 Å². The predicted octanol–water partition coefficient (Wildman–Crippen LogP) is 3.85. The van der Waals surface area contributed by atoms with Crippen LogP contribution in [0.25, 0.3) is 0 Å². The lowest BCUT2D eigenvalue weighted by Crippen LogP contribution is -2.36. The number of carbonyl (C=O) groups excluding carboxylic acids is 2. The van der Waals surface area contributed by atoms with Crippen LogP contribution in [0.15, 0.2) is 54.6 Å². The molecule has 152 valence electrons. The molecule has 0 bridgehead atoms. The number of nitrogens with zero attached hydrogens (tertiary/aromatic N) is 1. The van der Waals surface area contributed by atoms with Crippen molar-refractivity contribution in [1.82, 2.24) is 10.2 Å². The highest BCUT2D eigenvalue weighted by Gasteiger charge is 2.39. The van der Waals surface area contributed by atoms with E-state index in [-0.39, 0.29) is 23.8 Å². The second kappa shape index (κ2) is 8.78. The number of benzene rings is 2. The number of carbonyl (C=O) groups is 2. The summed E-state index contributed by atoms with van der Waals surface area (Å²) in [5.74, 6) is 0.608. The first-order valence-electron chi connectivity index (χ1n) is 10.6. The zero-order valence-electron chi connectivity index (χ0n) is 16.9. The molecule has 2 amide bonds. The van der Waals surface area contributed by atoms with E-state index in [1.807, 2.05) is 6.07 Å². The molecule has 2 aromatic carbocycles. The van der Waals surface area contributed by atoms with Crippen molar-refractivity contribution in [3.05, 3.63) is 65.7 Å². The Morgan fingerprint density at radius 3 is 2.31 bits per heavy atom. The zero-order valence-corrected chi connectivity index (χ0v) is 16.9. The molecule has 0 aromatic heterocycles. The van der Waals surface area contributed by atoms with Gasteiger partial charge >= 0.3 is 0 Å². The average Bonchev–Trinajstić information content (AvgIpc) is 3.24. The third-order valence-corrected chi connectivity index (χ3v) is 6.08. The molecule has 4 rings (SSSR count). The highest BCUT2D eigenvalue weighted by molar-refractivity contribution is 5.97. The van der Waals surface area contributed by atoms with Crippen LogP contribution in [0.5, 0.6) is 0 Å². The highest BCUT2D eigenvalue weighted by atomic mass is 16.2. The quantitative estimate of drug-likeness (QED) is 0.754. The summed E-state index contributed by atoms with van der Waals surface area (Å²) < 4.78 is 0. The van der Waals surface area contributed by atoms with E-state index in [2.05, 4.69) is 46.7 Å². The van der Waals surface area contributed by atoms with Gasteiger partial charge in [-0.1, -0.05) is 37.3 Å². The summed E-state index contributed by atoms with van der Waals surface area (Å²) in [5, 5.41) is 6.03. The third-order valence-electron chi connectivity index (χ3n) is 6.08. The molecule has 3 unspecified atom stereocenters. The molecule has 2 aliphatic rings. The summed E-state index contributed by atoms with van der Waals surface area (Å²) in [5.41, 5.74) is 2.59. The Bertz CT molecular complexity index is 844. The van der Waals surface area contributed by atoms with Crippen LogP contribution in [0.2, 0.25) is 0 Å². The SMILES string of the molecule is CC1CC1C(=O)Nc1ccc(C(=O)NCC(c2ccccc2)N2CCCC2)cc1. The number of amides is 2. The minimum atomic E-state index is -0.0844. The second-order valence-electron chi connectivity index (χ2n) is 8.27. The van der Waals surface area contributed by atoms with Gasteiger partial charge in [-0.3, -0.25) is 14.5 Å². The molecule has 5 heteroatoms. The van der Waals surface area contributed by atoms with Crippen LogP contribution in [0.3, 0.4) is 0 Å². The van der Waals surface area contributed by atoms with Crippen molar-refractivity contribution in [1.29, 1.82) is 0 Å². The third kappa shape index (κ3) is 4.85. The standard InChI is InChI=1S/C24H29N3O2/c1-17-15-21(17)24(29)26-20-11-9-19(10-12-20)23(28)25-16-22(27-13-5-6-14-27)18-7-3-2-4-8-18/h2-4,7-12,17,21-22H,5-6,13-16H2,1H3,(H,25,28)(H,26,29). The van der Waals surface area contributed by atoms with E-state index in [4.69, 9.17) is 0 Å². The van der Waals surface area contributed by atoms with Gasteiger partial charge in [0.1, 0.15) is 0 Å². The van der Waals surface area contributed by atoms with E-state index >= 15 is 0 Å². The number of hydrogen-bond donors (Lipinski definition) is 2. The molecule has 5 nitrogen and oxygen atoms in total. The van der Waals surface area contributed by atoms with Gasteiger partial charge in [0.15, 0.2) is 0 Å². The zero-order chi connectivity index (χ0) is 20.2. The van der Waals surface area contributed by atoms with Gasteiger partial charge in [-0.15, -0.1) is 0 Å². The first-order valence-corrected chi connectivity index (χ1v) is 10.6. The van der Waals surface area contributed by atoms with E-state index in [0.717, 1.165) is 25.2 Å². The average molecular weight is 392 g/mol. The minimum Gasteiger partial charge on any atom is -0.350 e. The summed E-state index contributed by atoms with van der Waals surface area (Å²) in [4.78, 5) is 27.2. The molecular formula is C24H29N3O2. The maximum absolute atomic E-state index is 12.7. The van der Waals surface area contributed by atoms with Crippen molar-refractivity contribution in [2.45, 2.75) is 32.2 Å². The van der Waals surface area contributed by atoms with Crippen molar-refractivity contribution >= 4 is 17.5 Å². The molecule has 1 saturated heterocycles. The molecule has 2 aromatic rings. The summed E-state index contributed by atoms with van der Waals surface area (Å²) in [6.07, 6.45) is 3.39. The Kier molecular flexibility index (Phi) is 5.95. The fourth-order valence-corrected chi connectivity index (χ4v) is 4.10. The molecule has 3 atom stereocenters. The summed E-state index contributed by atoms with van der Waals surface area (Å²) in [7, 11) is 0. The molecule has 1 heterocycles. The molecule has 1 aliphatic carbocycles. The number of hydrogen-bond acceptors (Lipinski definition) is 3. The van der Waals surface area contributed by atoms with Crippen LogP contribution >= 0.6 is 0 Å². The number of anilines is 1. The van der Waals surface area contributed by atoms with Crippen LogP contribution in [0.1, 0.15) is 48.1 Å². The first kappa shape index (κ1) is 19.6. The number of likely N-dealkylation sites (tertiary alicyclic amines) is 1. The maximum atomic E-state index is 12.7. The van der Waals surface area contributed by atoms with Gasteiger partial charge in [0, 0.05) is 23.7 Å². The van der Waals surface area contributed by atoms with Crippen LogP contribution in [-0.2, 0) is 4.79 Å². The fourth-order valence-electron chi connectivity index (χ4n) is 4.10. The molecule has 1 aliphatic heterocycles. The van der Waals surface area contributed by atoms with Gasteiger partial charge in [0.25, 0.3) is 5.91 Å². The summed E-state index contributed by atoms with van der Waals surface area (Å²) >= 11 is 0. The molecule has 1 saturated carbocycles. The van der Waals surface area contributed by atoms with Gasteiger partial charge in [-0.05, 0) is 68.1 Å². The second-order valence-corrected chi connectivity index (χ2v) is 8.27. The normalized spacial score (nSPS) is 22.1. The lowest BCUT2D eigenvalue weighted by atomic mass is 10.1. The van der Waals surface area contributed by atoms with Crippen molar-refractivity contribution in [3.63, 3.8) is 0 Å². The van der Waals surface area contributed by atoms with E-state index in [0.29, 0.717) is 18.0 Å². The topological polar surface area (TPSA) is 61.4 Å². The number of rotatable bonds is 7. The lowest BCUT2D eigenvalue weighted by Gasteiger charge is -2.28. The van der Waals surface area contributed by atoms with E-state index in [1.54, 1.807) is 24.3 Å². The predicted molar refractivity (Wildman–Crippen MR) is 115 cm³/mol. The van der Waals surface area contributed by atoms with Crippen molar-refractivity contribution in [3.8, 4) is 0 Å².